The van der Waals surface area contributed by atoms with E-state index in [2.05, 4.69) is 20.8 Å². The molecule has 0 rings (SSSR count). The molecule has 4 heteroatoms. The van der Waals surface area contributed by atoms with Crippen LogP contribution in [0.3, 0.4) is 0 Å². The molecule has 160 valence electrons. The number of hydrogen-bond acceptors (Lipinski definition) is 4. The van der Waals surface area contributed by atoms with E-state index in [1.807, 2.05) is 0 Å². The summed E-state index contributed by atoms with van der Waals surface area (Å²) in [7, 11) is 0. The Morgan fingerprint density at radius 3 is 1.33 bits per heavy atom. The number of carbonyl (C=O) groups excluding carboxylic acids is 2. The van der Waals surface area contributed by atoms with E-state index in [1.54, 1.807) is 0 Å². The molecule has 0 spiro atoms. The molecule has 4 nitrogen and oxygen atoms in total. The van der Waals surface area contributed by atoms with Crippen molar-refractivity contribution >= 4 is 11.9 Å². The SMILES string of the molecule is CCCCCCCCC(=O)OC(CCCC)OC(=O)CCCCCCCC. The number of esters is 2. The molecule has 0 aliphatic heterocycles. The minimum atomic E-state index is -0.704. The average molecular weight is 385 g/mol. The minimum Gasteiger partial charge on any atom is -0.425 e. The molecule has 0 radical (unpaired) electrons. The van der Waals surface area contributed by atoms with E-state index in [-0.39, 0.29) is 11.9 Å². The van der Waals surface area contributed by atoms with Gasteiger partial charge in [-0.15, -0.1) is 0 Å². The van der Waals surface area contributed by atoms with Gasteiger partial charge in [-0.25, -0.2) is 0 Å². The van der Waals surface area contributed by atoms with E-state index in [1.165, 1.54) is 51.4 Å². The van der Waals surface area contributed by atoms with E-state index in [4.69, 9.17) is 9.47 Å². The van der Waals surface area contributed by atoms with Crippen LogP contribution >= 0.6 is 0 Å². The van der Waals surface area contributed by atoms with Crippen molar-refractivity contribution in [2.75, 3.05) is 0 Å². The summed E-state index contributed by atoms with van der Waals surface area (Å²) >= 11 is 0. The number of ether oxygens (including phenoxy) is 2. The number of hydrogen-bond donors (Lipinski definition) is 0. The number of carbonyl (C=O) groups is 2. The lowest BCUT2D eigenvalue weighted by atomic mass is 10.1. The quantitative estimate of drug-likeness (QED) is 0.135. The molecular formula is C23H44O4. The second kappa shape index (κ2) is 19.7. The average Bonchev–Trinajstić information content (AvgIpc) is 2.65. The van der Waals surface area contributed by atoms with Crippen LogP contribution in [0.15, 0.2) is 0 Å². The molecular weight excluding hydrogens is 340 g/mol. The second-order valence-corrected chi connectivity index (χ2v) is 7.59. The summed E-state index contributed by atoms with van der Waals surface area (Å²) in [6, 6.07) is 0. The Labute approximate surface area is 167 Å². The first-order valence-electron chi connectivity index (χ1n) is 11.5. The fraction of sp³-hybridized carbons (Fsp3) is 0.913. The summed E-state index contributed by atoms with van der Waals surface area (Å²) in [6.07, 6.45) is 16.2. The van der Waals surface area contributed by atoms with Gasteiger partial charge in [0.25, 0.3) is 0 Å². The van der Waals surface area contributed by atoms with Crippen molar-refractivity contribution in [1.29, 1.82) is 0 Å². The molecule has 27 heavy (non-hydrogen) atoms. The highest BCUT2D eigenvalue weighted by Gasteiger charge is 2.18. The zero-order valence-electron chi connectivity index (χ0n) is 18.2. The monoisotopic (exact) mass is 384 g/mol. The number of unbranched alkanes of at least 4 members (excludes halogenated alkanes) is 11. The lowest BCUT2D eigenvalue weighted by molar-refractivity contribution is -0.189. The van der Waals surface area contributed by atoms with Crippen LogP contribution in [0.4, 0.5) is 0 Å². The van der Waals surface area contributed by atoms with Crippen LogP contribution in [0, 0.1) is 0 Å². The first kappa shape index (κ1) is 25.9. The van der Waals surface area contributed by atoms with Crippen LogP contribution < -0.4 is 0 Å². The van der Waals surface area contributed by atoms with E-state index >= 15 is 0 Å². The highest BCUT2D eigenvalue weighted by atomic mass is 16.7. The number of rotatable bonds is 19. The van der Waals surface area contributed by atoms with Gasteiger partial charge in [0, 0.05) is 19.3 Å². The Morgan fingerprint density at radius 2 is 0.926 bits per heavy atom. The van der Waals surface area contributed by atoms with Crippen molar-refractivity contribution in [3.63, 3.8) is 0 Å². The molecule has 0 aromatic heterocycles. The van der Waals surface area contributed by atoms with Gasteiger partial charge in [-0.2, -0.15) is 0 Å². The predicted molar refractivity (Wildman–Crippen MR) is 111 cm³/mol. The van der Waals surface area contributed by atoms with Crippen molar-refractivity contribution in [1.82, 2.24) is 0 Å². The van der Waals surface area contributed by atoms with E-state index in [0.717, 1.165) is 38.5 Å². The van der Waals surface area contributed by atoms with Crippen LogP contribution in [0.1, 0.15) is 130 Å². The Balaban J connectivity index is 3.99. The lowest BCUT2D eigenvalue weighted by Crippen LogP contribution is -2.24. The highest BCUT2D eigenvalue weighted by molar-refractivity contribution is 5.71. The first-order valence-corrected chi connectivity index (χ1v) is 11.5. The minimum absolute atomic E-state index is 0.237. The molecule has 0 aliphatic carbocycles. The molecule has 0 aromatic rings. The highest BCUT2D eigenvalue weighted by Crippen LogP contribution is 2.13. The van der Waals surface area contributed by atoms with Crippen molar-refractivity contribution < 1.29 is 19.1 Å². The van der Waals surface area contributed by atoms with Crippen LogP contribution in [-0.2, 0) is 19.1 Å². The van der Waals surface area contributed by atoms with Gasteiger partial charge in [-0.3, -0.25) is 9.59 Å². The predicted octanol–water partition coefficient (Wildman–Crippen LogP) is 7.09. The maximum Gasteiger partial charge on any atom is 0.308 e. The lowest BCUT2D eigenvalue weighted by Gasteiger charge is -2.18. The fourth-order valence-electron chi connectivity index (χ4n) is 3.02. The van der Waals surface area contributed by atoms with Gasteiger partial charge in [0.05, 0.1) is 0 Å². The Bertz CT molecular complexity index is 324. The summed E-state index contributed by atoms with van der Waals surface area (Å²) in [5.74, 6) is -0.474. The zero-order valence-corrected chi connectivity index (χ0v) is 18.2. The van der Waals surface area contributed by atoms with Crippen molar-refractivity contribution in [2.45, 2.75) is 136 Å². The molecule has 0 saturated heterocycles. The van der Waals surface area contributed by atoms with Gasteiger partial charge in [-0.1, -0.05) is 91.4 Å². The normalized spacial score (nSPS) is 11.0. The van der Waals surface area contributed by atoms with Gasteiger partial charge in [-0.05, 0) is 19.3 Å². The van der Waals surface area contributed by atoms with Crippen molar-refractivity contribution in [2.24, 2.45) is 0 Å². The summed E-state index contributed by atoms with van der Waals surface area (Å²) in [5, 5.41) is 0. The van der Waals surface area contributed by atoms with Crippen molar-refractivity contribution in [3.05, 3.63) is 0 Å². The van der Waals surface area contributed by atoms with Crippen LogP contribution in [-0.4, -0.2) is 18.2 Å². The maximum absolute atomic E-state index is 12.0. The van der Waals surface area contributed by atoms with E-state index < -0.39 is 6.29 Å². The van der Waals surface area contributed by atoms with Gasteiger partial charge >= 0.3 is 11.9 Å². The standard InChI is InChI=1S/C23H44O4/c1-4-7-10-12-14-16-18-21(24)26-23(20-9-6-3)27-22(25)19-17-15-13-11-8-5-2/h23H,4-20H2,1-3H3. The first-order chi connectivity index (χ1) is 13.1. The van der Waals surface area contributed by atoms with Gasteiger partial charge in [0.1, 0.15) is 0 Å². The zero-order chi connectivity index (χ0) is 20.2. The molecule has 0 aromatic carbocycles. The molecule has 0 saturated carbocycles. The third-order valence-electron chi connectivity index (χ3n) is 4.79. The molecule has 0 amide bonds. The van der Waals surface area contributed by atoms with Gasteiger partial charge < -0.3 is 9.47 Å². The summed E-state index contributed by atoms with van der Waals surface area (Å²) in [5.41, 5.74) is 0. The van der Waals surface area contributed by atoms with Crippen LogP contribution in [0.5, 0.6) is 0 Å². The van der Waals surface area contributed by atoms with E-state index in [0.29, 0.717) is 19.3 Å². The Hall–Kier alpha value is -1.06. The van der Waals surface area contributed by atoms with Crippen LogP contribution in [0.25, 0.3) is 0 Å². The van der Waals surface area contributed by atoms with E-state index in [9.17, 15) is 9.59 Å². The maximum atomic E-state index is 12.0. The largest absolute Gasteiger partial charge is 0.425 e. The molecule has 0 N–H and O–H groups in total. The van der Waals surface area contributed by atoms with Gasteiger partial charge in [0.2, 0.25) is 6.29 Å². The van der Waals surface area contributed by atoms with Crippen LogP contribution in [0.2, 0.25) is 0 Å². The van der Waals surface area contributed by atoms with Crippen molar-refractivity contribution in [3.8, 4) is 0 Å². The Kier molecular flexibility index (Phi) is 18.9. The topological polar surface area (TPSA) is 52.6 Å². The third-order valence-corrected chi connectivity index (χ3v) is 4.79. The second-order valence-electron chi connectivity index (χ2n) is 7.59. The molecule has 0 heterocycles. The Morgan fingerprint density at radius 1 is 0.556 bits per heavy atom. The third kappa shape index (κ3) is 18.1. The smallest absolute Gasteiger partial charge is 0.308 e. The molecule has 0 bridgehead atoms. The molecule has 0 atom stereocenters. The molecule has 0 aliphatic rings. The van der Waals surface area contributed by atoms with Gasteiger partial charge in [0.15, 0.2) is 0 Å². The molecule has 0 unspecified atom stereocenters. The summed E-state index contributed by atoms with van der Waals surface area (Å²) in [6.45, 7) is 6.47. The summed E-state index contributed by atoms with van der Waals surface area (Å²) in [4.78, 5) is 24.1. The molecule has 0 fully saturated rings. The summed E-state index contributed by atoms with van der Waals surface area (Å²) < 4.78 is 10.9. The fourth-order valence-corrected chi connectivity index (χ4v) is 3.02.